The minimum absolute atomic E-state index is 0.275. The molecule has 1 aromatic carbocycles. The van der Waals surface area contributed by atoms with Crippen molar-refractivity contribution in [3.8, 4) is 5.75 Å². The Morgan fingerprint density at radius 2 is 1.83 bits per heavy atom. The number of nitrogens with one attached hydrogen (secondary N) is 1. The molecule has 3 rings (SSSR count). The van der Waals surface area contributed by atoms with Crippen molar-refractivity contribution in [2.24, 2.45) is 0 Å². The van der Waals surface area contributed by atoms with E-state index in [1.54, 1.807) is 25.4 Å². The minimum Gasteiger partial charge on any atom is -0.496 e. The maximum absolute atomic E-state index is 12.8. The second-order valence-electron chi connectivity index (χ2n) is 8.30. The Labute approximate surface area is 173 Å². The topological polar surface area (TPSA) is 69.7 Å². The first-order valence-corrected chi connectivity index (χ1v) is 9.96. The van der Waals surface area contributed by atoms with Crippen LogP contribution in [0.3, 0.4) is 0 Å². The summed E-state index contributed by atoms with van der Waals surface area (Å²) in [6.07, 6.45) is 3.68. The van der Waals surface area contributed by atoms with E-state index in [-0.39, 0.29) is 5.91 Å². The number of pyridine rings is 1. The van der Waals surface area contributed by atoms with E-state index in [4.69, 9.17) is 14.0 Å². The lowest BCUT2D eigenvalue weighted by molar-refractivity contribution is 0.00578. The second-order valence-corrected chi connectivity index (χ2v) is 8.30. The summed E-state index contributed by atoms with van der Waals surface area (Å²) < 4.78 is 17.7. The van der Waals surface area contributed by atoms with Gasteiger partial charge < -0.3 is 19.4 Å². The molecule has 6 nitrogen and oxygen atoms in total. The van der Waals surface area contributed by atoms with E-state index in [1.807, 2.05) is 45.9 Å². The summed E-state index contributed by atoms with van der Waals surface area (Å²) in [7, 11) is 1.03. The third-order valence-corrected chi connectivity index (χ3v) is 5.60. The summed E-state index contributed by atoms with van der Waals surface area (Å²) in [6, 6.07) is 9.20. The number of rotatable bonds is 6. The molecule has 1 fully saturated rings. The van der Waals surface area contributed by atoms with E-state index in [2.05, 4.69) is 17.2 Å². The van der Waals surface area contributed by atoms with Crippen LogP contribution in [0.15, 0.2) is 36.5 Å². The monoisotopic (exact) mass is 396 g/mol. The normalized spacial score (nSPS) is 17.2. The van der Waals surface area contributed by atoms with Gasteiger partial charge in [-0.1, -0.05) is 19.4 Å². The molecule has 1 amide bonds. The zero-order valence-electron chi connectivity index (χ0n) is 18.0. The van der Waals surface area contributed by atoms with E-state index in [0.29, 0.717) is 17.1 Å². The molecule has 0 saturated carbocycles. The SMILES string of the molecule is CCCc1ccnc(NC(=O)c2ccc(B3OC(C)(C)C(C)(C)O3)cc2OC)c1. The molecule has 1 aromatic heterocycles. The molecule has 0 spiro atoms. The van der Waals surface area contributed by atoms with Crippen molar-refractivity contribution >= 4 is 24.3 Å². The first-order valence-electron chi connectivity index (χ1n) is 9.96. The van der Waals surface area contributed by atoms with Gasteiger partial charge >= 0.3 is 7.12 Å². The van der Waals surface area contributed by atoms with Crippen LogP contribution in [0.2, 0.25) is 0 Å². The Morgan fingerprint density at radius 1 is 1.14 bits per heavy atom. The van der Waals surface area contributed by atoms with Gasteiger partial charge in [-0.15, -0.1) is 0 Å². The Hall–Kier alpha value is -2.38. The van der Waals surface area contributed by atoms with E-state index < -0.39 is 18.3 Å². The van der Waals surface area contributed by atoms with Gasteiger partial charge in [0.25, 0.3) is 5.91 Å². The first kappa shape index (κ1) is 21.3. The summed E-state index contributed by atoms with van der Waals surface area (Å²) in [5.74, 6) is 0.709. The fraction of sp³-hybridized carbons (Fsp3) is 0.455. The average molecular weight is 396 g/mol. The molecule has 7 heteroatoms. The van der Waals surface area contributed by atoms with Gasteiger partial charge in [-0.05, 0) is 69.4 Å². The van der Waals surface area contributed by atoms with Gasteiger partial charge in [0.2, 0.25) is 0 Å². The largest absolute Gasteiger partial charge is 0.496 e. The van der Waals surface area contributed by atoms with E-state index in [1.165, 1.54) is 0 Å². The smallest absolute Gasteiger partial charge is 0.494 e. The molecular formula is C22H29BN2O4. The third kappa shape index (κ3) is 4.46. The molecule has 0 aliphatic carbocycles. The number of hydrogen-bond donors (Lipinski definition) is 1. The van der Waals surface area contributed by atoms with Crippen LogP contribution < -0.4 is 15.5 Å². The quantitative estimate of drug-likeness (QED) is 0.756. The molecule has 2 heterocycles. The Kier molecular flexibility index (Phi) is 6.01. The van der Waals surface area contributed by atoms with E-state index in [9.17, 15) is 4.79 Å². The van der Waals surface area contributed by atoms with Crippen LogP contribution in [0, 0.1) is 0 Å². The lowest BCUT2D eigenvalue weighted by Crippen LogP contribution is -2.41. The zero-order valence-corrected chi connectivity index (χ0v) is 18.0. The number of aromatic nitrogens is 1. The number of amides is 1. The molecule has 154 valence electrons. The van der Waals surface area contributed by atoms with Crippen LogP contribution in [-0.4, -0.2) is 36.3 Å². The molecule has 1 saturated heterocycles. The highest BCUT2D eigenvalue weighted by Gasteiger charge is 2.51. The predicted molar refractivity (Wildman–Crippen MR) is 115 cm³/mol. The number of nitrogens with zero attached hydrogens (tertiary/aromatic N) is 1. The lowest BCUT2D eigenvalue weighted by Gasteiger charge is -2.32. The van der Waals surface area contributed by atoms with E-state index >= 15 is 0 Å². The standard InChI is InChI=1S/C22H29BN2O4/c1-7-8-15-11-12-24-19(13-15)25-20(26)17-10-9-16(14-18(17)27-6)23-28-21(2,3)22(4,5)29-23/h9-14H,7-8H2,1-6H3,(H,24,25,26). The fourth-order valence-electron chi connectivity index (χ4n) is 3.19. The number of anilines is 1. The Bertz CT molecular complexity index is 882. The van der Waals surface area contributed by atoms with Crippen LogP contribution in [0.5, 0.6) is 5.75 Å². The number of benzene rings is 1. The van der Waals surface area contributed by atoms with Crippen LogP contribution in [0.25, 0.3) is 0 Å². The first-order chi connectivity index (χ1) is 13.7. The molecule has 29 heavy (non-hydrogen) atoms. The molecule has 0 bridgehead atoms. The van der Waals surface area contributed by atoms with Crippen molar-refractivity contribution < 1.29 is 18.8 Å². The van der Waals surface area contributed by atoms with Crippen LogP contribution in [0.1, 0.15) is 57.0 Å². The number of carbonyl (C=O) groups excluding carboxylic acids is 1. The Morgan fingerprint density at radius 3 is 2.45 bits per heavy atom. The van der Waals surface area contributed by atoms with Crippen LogP contribution in [0.4, 0.5) is 5.82 Å². The third-order valence-electron chi connectivity index (χ3n) is 5.60. The predicted octanol–water partition coefficient (Wildman–Crippen LogP) is 3.59. The van der Waals surface area contributed by atoms with Gasteiger partial charge in [-0.3, -0.25) is 4.79 Å². The second kappa shape index (κ2) is 8.16. The summed E-state index contributed by atoms with van der Waals surface area (Å²) >= 11 is 0. The number of methoxy groups -OCH3 is 1. The molecule has 0 unspecified atom stereocenters. The number of aryl methyl sites for hydroxylation is 1. The average Bonchev–Trinajstić information content (AvgIpc) is 2.89. The summed E-state index contributed by atoms with van der Waals surface area (Å²) in [5.41, 5.74) is 1.50. The number of carbonyl (C=O) groups is 1. The number of hydrogen-bond acceptors (Lipinski definition) is 5. The maximum atomic E-state index is 12.8. The number of ether oxygens (including phenoxy) is 1. The van der Waals surface area contributed by atoms with Gasteiger partial charge in [-0.2, -0.15) is 0 Å². The maximum Gasteiger partial charge on any atom is 0.494 e. The van der Waals surface area contributed by atoms with Crippen LogP contribution in [-0.2, 0) is 15.7 Å². The summed E-state index contributed by atoms with van der Waals surface area (Å²) in [6.45, 7) is 10.1. The van der Waals surface area contributed by atoms with Gasteiger partial charge in [0.05, 0.1) is 23.9 Å². The highest BCUT2D eigenvalue weighted by atomic mass is 16.7. The lowest BCUT2D eigenvalue weighted by atomic mass is 9.78. The van der Waals surface area contributed by atoms with Crippen molar-refractivity contribution in [2.75, 3.05) is 12.4 Å². The van der Waals surface area contributed by atoms with Gasteiger partial charge in [0.15, 0.2) is 0 Å². The Balaban J connectivity index is 1.80. The van der Waals surface area contributed by atoms with Crippen molar-refractivity contribution in [3.05, 3.63) is 47.7 Å². The molecule has 1 aliphatic heterocycles. The van der Waals surface area contributed by atoms with Crippen molar-refractivity contribution in [2.45, 2.75) is 58.7 Å². The molecule has 0 atom stereocenters. The minimum atomic E-state index is -0.515. The van der Waals surface area contributed by atoms with Crippen LogP contribution >= 0.6 is 0 Å². The molecule has 1 N–H and O–H groups in total. The van der Waals surface area contributed by atoms with Gasteiger partial charge in [0, 0.05) is 6.20 Å². The summed E-state index contributed by atoms with van der Waals surface area (Å²) in [5, 5.41) is 2.85. The van der Waals surface area contributed by atoms with E-state index in [0.717, 1.165) is 23.9 Å². The molecule has 2 aromatic rings. The molecular weight excluding hydrogens is 367 g/mol. The highest BCUT2D eigenvalue weighted by Crippen LogP contribution is 2.36. The fourth-order valence-corrected chi connectivity index (χ4v) is 3.19. The highest BCUT2D eigenvalue weighted by molar-refractivity contribution is 6.62. The van der Waals surface area contributed by atoms with Crippen molar-refractivity contribution in [1.29, 1.82) is 0 Å². The molecule has 0 radical (unpaired) electrons. The van der Waals surface area contributed by atoms with Gasteiger partial charge in [0.1, 0.15) is 11.6 Å². The van der Waals surface area contributed by atoms with Crippen molar-refractivity contribution in [3.63, 3.8) is 0 Å². The molecule has 1 aliphatic rings. The van der Waals surface area contributed by atoms with Crippen molar-refractivity contribution in [1.82, 2.24) is 4.98 Å². The zero-order chi connectivity index (χ0) is 21.2. The van der Waals surface area contributed by atoms with Gasteiger partial charge in [-0.25, -0.2) is 4.98 Å². The summed E-state index contributed by atoms with van der Waals surface area (Å²) in [4.78, 5) is 17.1.